The monoisotopic (exact) mass is 322 g/mol. The highest BCUT2D eigenvalue weighted by Crippen LogP contribution is 2.32. The first-order valence-electron chi connectivity index (χ1n) is 8.82. The van der Waals surface area contributed by atoms with Gasteiger partial charge in [0, 0.05) is 55.1 Å². The van der Waals surface area contributed by atoms with E-state index in [-0.39, 0.29) is 0 Å². The Labute approximate surface area is 141 Å². The Bertz CT molecular complexity index is 860. The van der Waals surface area contributed by atoms with Crippen LogP contribution in [0.5, 0.6) is 0 Å². The largest absolute Gasteiger partial charge is 0.456 e. The first kappa shape index (κ1) is 14.5. The first-order chi connectivity index (χ1) is 11.9. The number of ether oxygens (including phenoxy) is 1. The zero-order valence-electron chi connectivity index (χ0n) is 13.8. The molecule has 0 atom stereocenters. The van der Waals surface area contributed by atoms with Crippen LogP contribution in [0.1, 0.15) is 5.56 Å². The molecular weight excluding hydrogens is 300 g/mol. The molecule has 5 rings (SSSR count). The fraction of sp³-hybridized carbons (Fsp3) is 0.400. The lowest BCUT2D eigenvalue weighted by Crippen LogP contribution is -2.60. The van der Waals surface area contributed by atoms with Gasteiger partial charge >= 0.3 is 0 Å². The lowest BCUT2D eigenvalue weighted by molar-refractivity contribution is -0.0343. The second-order valence-electron chi connectivity index (χ2n) is 6.89. The molecule has 2 aromatic carbocycles. The van der Waals surface area contributed by atoms with Gasteiger partial charge in [-0.1, -0.05) is 36.4 Å². The number of benzene rings is 2. The number of nitrogens with zero attached hydrogens (tertiary/aromatic N) is 2. The molecule has 2 saturated heterocycles. The van der Waals surface area contributed by atoms with E-state index >= 15 is 0 Å². The standard InChI is InChI=1S/C20H22N2O2/c1-2-7-19-17(5-1)18-6-3-4-15(20(18)24-19)12-21-13-16(14-21)22-8-10-23-11-9-22/h1-7,16H,8-14H2. The van der Waals surface area contributed by atoms with Crippen molar-refractivity contribution in [1.82, 2.24) is 9.80 Å². The summed E-state index contributed by atoms with van der Waals surface area (Å²) in [5.41, 5.74) is 3.33. The molecule has 0 amide bonds. The number of morpholine rings is 1. The molecule has 2 aliphatic heterocycles. The van der Waals surface area contributed by atoms with Crippen LogP contribution in [0.25, 0.3) is 21.9 Å². The van der Waals surface area contributed by atoms with Crippen molar-refractivity contribution in [1.29, 1.82) is 0 Å². The minimum absolute atomic E-state index is 0.698. The average Bonchev–Trinajstić information content (AvgIpc) is 2.98. The Morgan fingerprint density at radius 3 is 2.58 bits per heavy atom. The van der Waals surface area contributed by atoms with Gasteiger partial charge in [-0.15, -0.1) is 0 Å². The van der Waals surface area contributed by atoms with E-state index in [1.54, 1.807) is 0 Å². The molecule has 0 bridgehead atoms. The van der Waals surface area contributed by atoms with E-state index in [1.807, 2.05) is 6.07 Å². The molecule has 124 valence electrons. The van der Waals surface area contributed by atoms with E-state index in [0.717, 1.165) is 57.1 Å². The predicted octanol–water partition coefficient (Wildman–Crippen LogP) is 3.10. The highest BCUT2D eigenvalue weighted by atomic mass is 16.5. The first-order valence-corrected chi connectivity index (χ1v) is 8.82. The Balaban J connectivity index is 1.35. The Morgan fingerprint density at radius 1 is 0.917 bits per heavy atom. The molecule has 0 radical (unpaired) electrons. The van der Waals surface area contributed by atoms with Crippen LogP contribution in [0.15, 0.2) is 46.9 Å². The summed E-state index contributed by atoms with van der Waals surface area (Å²) >= 11 is 0. The van der Waals surface area contributed by atoms with Crippen molar-refractivity contribution >= 4 is 21.9 Å². The third-order valence-electron chi connectivity index (χ3n) is 5.38. The molecule has 1 aromatic heterocycles. The van der Waals surface area contributed by atoms with Crippen LogP contribution in [-0.2, 0) is 11.3 Å². The van der Waals surface area contributed by atoms with E-state index in [2.05, 4.69) is 46.2 Å². The molecule has 4 heteroatoms. The fourth-order valence-corrected chi connectivity index (χ4v) is 4.02. The molecule has 0 spiro atoms. The normalized spacial score (nSPS) is 20.7. The third-order valence-corrected chi connectivity index (χ3v) is 5.38. The fourth-order valence-electron chi connectivity index (χ4n) is 4.02. The van der Waals surface area contributed by atoms with Gasteiger partial charge in [0.1, 0.15) is 11.2 Å². The third kappa shape index (κ3) is 2.42. The molecule has 24 heavy (non-hydrogen) atoms. The summed E-state index contributed by atoms with van der Waals surface area (Å²) in [5, 5.41) is 2.44. The Morgan fingerprint density at radius 2 is 1.71 bits per heavy atom. The van der Waals surface area contributed by atoms with Crippen molar-refractivity contribution in [2.45, 2.75) is 12.6 Å². The highest BCUT2D eigenvalue weighted by molar-refractivity contribution is 6.05. The topological polar surface area (TPSA) is 28.9 Å². The van der Waals surface area contributed by atoms with Crippen LogP contribution in [0.2, 0.25) is 0 Å². The highest BCUT2D eigenvalue weighted by Gasteiger charge is 2.32. The van der Waals surface area contributed by atoms with Gasteiger partial charge in [-0.05, 0) is 6.07 Å². The SMILES string of the molecule is c1ccc2c(c1)oc1c(CN3CC(N4CCOCC4)C3)cccc12. The molecular formula is C20H22N2O2. The predicted molar refractivity (Wildman–Crippen MR) is 95.2 cm³/mol. The number of rotatable bonds is 3. The maximum absolute atomic E-state index is 6.14. The van der Waals surface area contributed by atoms with Crippen molar-refractivity contribution in [2.24, 2.45) is 0 Å². The van der Waals surface area contributed by atoms with Crippen LogP contribution in [0.3, 0.4) is 0 Å². The molecule has 0 N–H and O–H groups in total. The molecule has 2 aliphatic rings. The van der Waals surface area contributed by atoms with Crippen LogP contribution in [0, 0.1) is 0 Å². The number of hydrogen-bond acceptors (Lipinski definition) is 4. The van der Waals surface area contributed by atoms with E-state index in [1.165, 1.54) is 16.3 Å². The molecule has 4 nitrogen and oxygen atoms in total. The van der Waals surface area contributed by atoms with Crippen molar-refractivity contribution < 1.29 is 9.15 Å². The van der Waals surface area contributed by atoms with E-state index in [4.69, 9.17) is 9.15 Å². The van der Waals surface area contributed by atoms with Crippen molar-refractivity contribution in [3.8, 4) is 0 Å². The zero-order valence-corrected chi connectivity index (χ0v) is 13.8. The second-order valence-corrected chi connectivity index (χ2v) is 6.89. The smallest absolute Gasteiger partial charge is 0.139 e. The van der Waals surface area contributed by atoms with Crippen LogP contribution in [0.4, 0.5) is 0 Å². The second kappa shape index (κ2) is 5.88. The van der Waals surface area contributed by atoms with Gasteiger partial charge in [0.05, 0.1) is 13.2 Å². The number of para-hydroxylation sites is 2. The summed E-state index contributed by atoms with van der Waals surface area (Å²) in [6.07, 6.45) is 0. The van der Waals surface area contributed by atoms with Gasteiger partial charge in [0.15, 0.2) is 0 Å². The van der Waals surface area contributed by atoms with Gasteiger partial charge in [0.2, 0.25) is 0 Å². The molecule has 2 fully saturated rings. The summed E-state index contributed by atoms with van der Waals surface area (Å²) in [6, 6.07) is 15.5. The zero-order chi connectivity index (χ0) is 15.9. The van der Waals surface area contributed by atoms with Crippen LogP contribution >= 0.6 is 0 Å². The number of hydrogen-bond donors (Lipinski definition) is 0. The summed E-state index contributed by atoms with van der Waals surface area (Å²) in [4.78, 5) is 5.09. The van der Waals surface area contributed by atoms with Gasteiger partial charge in [-0.2, -0.15) is 0 Å². The molecule has 3 heterocycles. The summed E-state index contributed by atoms with van der Waals surface area (Å²) in [6.45, 7) is 7.20. The van der Waals surface area contributed by atoms with Gasteiger partial charge in [0.25, 0.3) is 0 Å². The van der Waals surface area contributed by atoms with Crippen molar-refractivity contribution in [3.05, 3.63) is 48.0 Å². The van der Waals surface area contributed by atoms with E-state index in [0.29, 0.717) is 6.04 Å². The minimum atomic E-state index is 0.698. The van der Waals surface area contributed by atoms with Crippen molar-refractivity contribution in [3.63, 3.8) is 0 Å². The van der Waals surface area contributed by atoms with Crippen molar-refractivity contribution in [2.75, 3.05) is 39.4 Å². The maximum atomic E-state index is 6.14. The number of furan rings is 1. The van der Waals surface area contributed by atoms with Gasteiger partial charge in [-0.25, -0.2) is 0 Å². The summed E-state index contributed by atoms with van der Waals surface area (Å²) in [7, 11) is 0. The molecule has 0 unspecified atom stereocenters. The van der Waals surface area contributed by atoms with Gasteiger partial charge in [-0.3, -0.25) is 9.80 Å². The van der Waals surface area contributed by atoms with E-state index < -0.39 is 0 Å². The van der Waals surface area contributed by atoms with E-state index in [9.17, 15) is 0 Å². The average molecular weight is 322 g/mol. The van der Waals surface area contributed by atoms with Crippen LogP contribution in [-0.4, -0.2) is 55.2 Å². The molecule has 3 aromatic rings. The van der Waals surface area contributed by atoms with Gasteiger partial charge < -0.3 is 9.15 Å². The van der Waals surface area contributed by atoms with Crippen LogP contribution < -0.4 is 0 Å². The molecule has 0 aliphatic carbocycles. The molecule has 0 saturated carbocycles. The lowest BCUT2D eigenvalue weighted by atomic mass is 10.0. The quantitative estimate of drug-likeness (QED) is 0.741. The Kier molecular flexibility index (Phi) is 3.55. The number of fused-ring (bicyclic) bond motifs is 3. The summed E-state index contributed by atoms with van der Waals surface area (Å²) in [5.74, 6) is 0. The Hall–Kier alpha value is -1.88. The lowest BCUT2D eigenvalue weighted by Gasteiger charge is -2.46. The minimum Gasteiger partial charge on any atom is -0.456 e. The maximum Gasteiger partial charge on any atom is 0.139 e. The summed E-state index contributed by atoms with van der Waals surface area (Å²) < 4.78 is 11.6. The number of likely N-dealkylation sites (tertiary alicyclic amines) is 1.